The summed E-state index contributed by atoms with van der Waals surface area (Å²) in [7, 11) is 0. The molecule has 2 rings (SSSR count). The molecule has 1 aromatic carbocycles. The van der Waals surface area contributed by atoms with Gasteiger partial charge in [-0.1, -0.05) is 29.8 Å². The minimum absolute atomic E-state index is 0.184. The summed E-state index contributed by atoms with van der Waals surface area (Å²) in [6, 6.07) is 8.37. The number of hydrogen-bond donors (Lipinski definition) is 0. The van der Waals surface area contributed by atoms with Crippen LogP contribution in [0.3, 0.4) is 0 Å². The van der Waals surface area contributed by atoms with E-state index in [0.717, 1.165) is 45.7 Å². The maximum absolute atomic E-state index is 12.4. The third-order valence-corrected chi connectivity index (χ3v) is 4.95. The first kappa shape index (κ1) is 19.4. The van der Waals surface area contributed by atoms with Crippen LogP contribution in [-0.2, 0) is 16.0 Å². The Morgan fingerprint density at radius 3 is 2.16 bits per heavy atom. The van der Waals surface area contributed by atoms with Crippen molar-refractivity contribution in [3.8, 4) is 0 Å². The van der Waals surface area contributed by atoms with Gasteiger partial charge in [0.05, 0.1) is 6.54 Å². The van der Waals surface area contributed by atoms with Crippen molar-refractivity contribution in [2.24, 2.45) is 0 Å². The second-order valence-electron chi connectivity index (χ2n) is 6.71. The molecule has 0 saturated carbocycles. The summed E-state index contributed by atoms with van der Waals surface area (Å²) >= 11 is 0. The van der Waals surface area contributed by atoms with Crippen LogP contribution in [-0.4, -0.2) is 72.3 Å². The van der Waals surface area contributed by atoms with E-state index in [9.17, 15) is 9.59 Å². The van der Waals surface area contributed by atoms with Gasteiger partial charge in [0, 0.05) is 45.7 Å². The van der Waals surface area contributed by atoms with Crippen LogP contribution in [0.2, 0.25) is 0 Å². The van der Waals surface area contributed by atoms with Crippen LogP contribution in [0, 0.1) is 6.92 Å². The van der Waals surface area contributed by atoms with Gasteiger partial charge in [-0.2, -0.15) is 0 Å². The van der Waals surface area contributed by atoms with Crippen molar-refractivity contribution in [3.63, 3.8) is 0 Å². The number of likely N-dealkylation sites (N-methyl/N-ethyl adjacent to an activating group) is 1. The van der Waals surface area contributed by atoms with E-state index in [1.54, 1.807) is 0 Å². The predicted molar refractivity (Wildman–Crippen MR) is 100 cm³/mol. The van der Waals surface area contributed by atoms with Crippen molar-refractivity contribution in [3.05, 3.63) is 35.4 Å². The highest BCUT2D eigenvalue weighted by molar-refractivity contribution is 5.78. The molecule has 2 amide bonds. The van der Waals surface area contributed by atoms with Crippen LogP contribution in [0.15, 0.2) is 24.3 Å². The third-order valence-electron chi connectivity index (χ3n) is 4.95. The SMILES string of the molecule is CCN(CC)C(=O)CN1CCN(C(=O)CCc2ccc(C)cc2)CC1. The Balaban J connectivity index is 1.72. The fourth-order valence-corrected chi connectivity index (χ4v) is 3.19. The van der Waals surface area contributed by atoms with E-state index in [1.807, 2.05) is 23.6 Å². The van der Waals surface area contributed by atoms with E-state index in [-0.39, 0.29) is 11.8 Å². The molecular formula is C20H31N3O2. The molecule has 0 unspecified atom stereocenters. The predicted octanol–water partition coefficient (Wildman–Crippen LogP) is 1.94. The number of rotatable bonds is 7. The zero-order valence-corrected chi connectivity index (χ0v) is 15.8. The number of aryl methyl sites for hydroxylation is 2. The van der Waals surface area contributed by atoms with E-state index in [0.29, 0.717) is 13.0 Å². The normalized spacial score (nSPS) is 15.2. The Morgan fingerprint density at radius 1 is 1.00 bits per heavy atom. The van der Waals surface area contributed by atoms with Gasteiger partial charge in [0.2, 0.25) is 11.8 Å². The molecule has 1 aliphatic rings. The zero-order chi connectivity index (χ0) is 18.2. The number of benzene rings is 1. The average molecular weight is 345 g/mol. The Kier molecular flexibility index (Phi) is 7.44. The fraction of sp³-hybridized carbons (Fsp3) is 0.600. The Morgan fingerprint density at radius 2 is 1.60 bits per heavy atom. The van der Waals surface area contributed by atoms with Crippen LogP contribution in [0.4, 0.5) is 0 Å². The van der Waals surface area contributed by atoms with Gasteiger partial charge in [0.25, 0.3) is 0 Å². The van der Waals surface area contributed by atoms with Crippen molar-refractivity contribution >= 4 is 11.8 Å². The van der Waals surface area contributed by atoms with E-state index >= 15 is 0 Å². The summed E-state index contributed by atoms with van der Waals surface area (Å²) in [6.45, 7) is 11.1. The summed E-state index contributed by atoms with van der Waals surface area (Å²) in [4.78, 5) is 30.5. The molecule has 5 nitrogen and oxygen atoms in total. The van der Waals surface area contributed by atoms with Crippen LogP contribution >= 0.6 is 0 Å². The van der Waals surface area contributed by atoms with Crippen LogP contribution in [0.25, 0.3) is 0 Å². The van der Waals surface area contributed by atoms with Gasteiger partial charge in [-0.05, 0) is 32.8 Å². The van der Waals surface area contributed by atoms with E-state index in [4.69, 9.17) is 0 Å². The van der Waals surface area contributed by atoms with Crippen LogP contribution in [0.1, 0.15) is 31.4 Å². The molecule has 1 saturated heterocycles. The molecule has 0 aromatic heterocycles. The van der Waals surface area contributed by atoms with Gasteiger partial charge in [0.15, 0.2) is 0 Å². The standard InChI is InChI=1S/C20H31N3O2/c1-4-22(5-2)20(25)16-21-12-14-23(15-13-21)19(24)11-10-18-8-6-17(3)7-9-18/h6-9H,4-5,10-16H2,1-3H3. The lowest BCUT2D eigenvalue weighted by atomic mass is 10.1. The molecule has 1 heterocycles. The summed E-state index contributed by atoms with van der Waals surface area (Å²) in [6.07, 6.45) is 1.35. The zero-order valence-electron chi connectivity index (χ0n) is 15.8. The molecule has 0 bridgehead atoms. The van der Waals surface area contributed by atoms with Gasteiger partial charge < -0.3 is 9.80 Å². The van der Waals surface area contributed by atoms with Crippen LogP contribution in [0.5, 0.6) is 0 Å². The minimum Gasteiger partial charge on any atom is -0.342 e. The monoisotopic (exact) mass is 345 g/mol. The molecule has 0 radical (unpaired) electrons. The van der Waals surface area contributed by atoms with E-state index in [2.05, 4.69) is 36.1 Å². The summed E-state index contributed by atoms with van der Waals surface area (Å²) < 4.78 is 0. The van der Waals surface area contributed by atoms with Gasteiger partial charge in [-0.3, -0.25) is 14.5 Å². The minimum atomic E-state index is 0.184. The lowest BCUT2D eigenvalue weighted by Crippen LogP contribution is -2.51. The number of nitrogens with zero attached hydrogens (tertiary/aromatic N) is 3. The van der Waals surface area contributed by atoms with Gasteiger partial charge in [-0.15, -0.1) is 0 Å². The molecule has 25 heavy (non-hydrogen) atoms. The highest BCUT2D eigenvalue weighted by atomic mass is 16.2. The maximum Gasteiger partial charge on any atom is 0.236 e. The van der Waals surface area contributed by atoms with Gasteiger partial charge >= 0.3 is 0 Å². The lowest BCUT2D eigenvalue weighted by Gasteiger charge is -2.35. The Hall–Kier alpha value is -1.88. The molecule has 138 valence electrons. The average Bonchev–Trinajstić information content (AvgIpc) is 2.62. The highest BCUT2D eigenvalue weighted by Gasteiger charge is 2.23. The second-order valence-corrected chi connectivity index (χ2v) is 6.71. The molecule has 1 fully saturated rings. The van der Waals surface area contributed by atoms with Crippen molar-refractivity contribution in [2.75, 3.05) is 45.8 Å². The summed E-state index contributed by atoms with van der Waals surface area (Å²) in [5, 5.41) is 0. The lowest BCUT2D eigenvalue weighted by molar-refractivity contribution is -0.135. The molecule has 1 aromatic rings. The smallest absolute Gasteiger partial charge is 0.236 e. The first-order valence-corrected chi connectivity index (χ1v) is 9.37. The molecule has 0 spiro atoms. The van der Waals surface area contributed by atoms with Crippen molar-refractivity contribution < 1.29 is 9.59 Å². The van der Waals surface area contributed by atoms with Crippen molar-refractivity contribution in [1.82, 2.24) is 14.7 Å². The molecule has 0 N–H and O–H groups in total. The topological polar surface area (TPSA) is 43.9 Å². The fourth-order valence-electron chi connectivity index (χ4n) is 3.19. The molecule has 1 aliphatic heterocycles. The largest absolute Gasteiger partial charge is 0.342 e. The Labute approximate surface area is 151 Å². The number of carbonyl (C=O) groups excluding carboxylic acids is 2. The third kappa shape index (κ3) is 5.85. The first-order valence-electron chi connectivity index (χ1n) is 9.37. The van der Waals surface area contributed by atoms with E-state index < -0.39 is 0 Å². The van der Waals surface area contributed by atoms with Crippen molar-refractivity contribution in [2.45, 2.75) is 33.6 Å². The molecular weight excluding hydrogens is 314 g/mol. The number of amides is 2. The number of piperazine rings is 1. The Bertz CT molecular complexity index is 559. The van der Waals surface area contributed by atoms with Gasteiger partial charge in [0.1, 0.15) is 0 Å². The number of carbonyl (C=O) groups is 2. The molecule has 5 heteroatoms. The first-order chi connectivity index (χ1) is 12.0. The molecule has 0 aliphatic carbocycles. The van der Waals surface area contributed by atoms with Gasteiger partial charge in [-0.25, -0.2) is 0 Å². The quantitative estimate of drug-likeness (QED) is 0.759. The second kappa shape index (κ2) is 9.56. The number of hydrogen-bond acceptors (Lipinski definition) is 3. The highest BCUT2D eigenvalue weighted by Crippen LogP contribution is 2.09. The summed E-state index contributed by atoms with van der Waals surface area (Å²) in [5.41, 5.74) is 2.45. The van der Waals surface area contributed by atoms with Crippen molar-refractivity contribution in [1.29, 1.82) is 0 Å². The summed E-state index contributed by atoms with van der Waals surface area (Å²) in [5.74, 6) is 0.402. The van der Waals surface area contributed by atoms with E-state index in [1.165, 1.54) is 11.1 Å². The maximum atomic E-state index is 12.4. The van der Waals surface area contributed by atoms with Crippen LogP contribution < -0.4 is 0 Å². The molecule has 0 atom stereocenters.